The number of hydrogen-bond donors (Lipinski definition) is 1. The van der Waals surface area contributed by atoms with Crippen LogP contribution in [0.2, 0.25) is 5.02 Å². The van der Waals surface area contributed by atoms with Crippen molar-refractivity contribution in [1.29, 1.82) is 0 Å². The number of allylic oxidation sites excluding steroid dienone is 2. The highest BCUT2D eigenvalue weighted by molar-refractivity contribution is 6.32. The van der Waals surface area contributed by atoms with E-state index in [2.05, 4.69) is 0 Å². The van der Waals surface area contributed by atoms with Crippen molar-refractivity contribution in [2.75, 3.05) is 35.9 Å². The number of nitrogens with zero attached hydrogens (tertiary/aromatic N) is 5. The molecule has 3 fully saturated rings. The Morgan fingerprint density at radius 1 is 0.925 bits per heavy atom. The van der Waals surface area contributed by atoms with E-state index in [0.29, 0.717) is 11.1 Å². The van der Waals surface area contributed by atoms with Gasteiger partial charge in [-0.25, -0.2) is 14.2 Å². The summed E-state index contributed by atoms with van der Waals surface area (Å²) in [5.74, 6) is -8.42. The molecule has 6 atom stereocenters. The number of imide groups is 2. The number of amides is 4. The lowest BCUT2D eigenvalue weighted by Gasteiger charge is -2.49. The number of anilines is 3. The van der Waals surface area contributed by atoms with Gasteiger partial charge in [-0.05, 0) is 61.6 Å². The number of fused-ring (bicyclic) bond motifs is 4. The van der Waals surface area contributed by atoms with Crippen LogP contribution in [0, 0.1) is 55.1 Å². The van der Waals surface area contributed by atoms with E-state index in [0.717, 1.165) is 28.0 Å². The maximum absolute atomic E-state index is 14.6. The van der Waals surface area contributed by atoms with Crippen LogP contribution in [0.4, 0.5) is 32.8 Å². The molecule has 1 saturated carbocycles. The quantitative estimate of drug-likeness (QED) is 0.139. The predicted octanol–water partition coefficient (Wildman–Crippen LogP) is 5.51. The first-order chi connectivity index (χ1) is 25.0. The molecule has 15 nitrogen and oxygen atoms in total. The van der Waals surface area contributed by atoms with Gasteiger partial charge < -0.3 is 14.7 Å². The highest BCUT2D eigenvalue weighted by Gasteiger charge is 2.67. The van der Waals surface area contributed by atoms with Gasteiger partial charge in [0.15, 0.2) is 17.2 Å². The Bertz CT molecular complexity index is 2190. The molecule has 1 N–H and O–H groups in total. The average molecular weight is 748 g/mol. The minimum atomic E-state index is -1.48. The highest BCUT2D eigenvalue weighted by Crippen LogP contribution is 2.64. The van der Waals surface area contributed by atoms with Gasteiger partial charge in [0, 0.05) is 32.1 Å². The number of carbonyl (C=O) groups excluding carboxylic acids is 4. The molecule has 0 aromatic heterocycles. The molecule has 2 aliphatic heterocycles. The minimum absolute atomic E-state index is 0.0173. The first kappa shape index (κ1) is 35.5. The first-order valence-electron chi connectivity index (χ1n) is 16.4. The fraction of sp³-hybridized carbons (Fsp3) is 0.333. The summed E-state index contributed by atoms with van der Waals surface area (Å²) in [6.45, 7) is 1.63. The van der Waals surface area contributed by atoms with E-state index in [9.17, 15) is 48.9 Å². The lowest BCUT2D eigenvalue weighted by atomic mass is 9.51. The van der Waals surface area contributed by atoms with Gasteiger partial charge in [0.1, 0.15) is 5.82 Å². The van der Waals surface area contributed by atoms with E-state index in [1.165, 1.54) is 50.4 Å². The number of nitro groups is 2. The summed E-state index contributed by atoms with van der Waals surface area (Å²) in [4.78, 5) is 83.0. The molecular formula is C36H31ClFN5O10. The van der Waals surface area contributed by atoms with Crippen LogP contribution in [0.3, 0.4) is 0 Å². The van der Waals surface area contributed by atoms with E-state index >= 15 is 0 Å². The van der Waals surface area contributed by atoms with E-state index in [4.69, 9.17) is 16.3 Å². The fourth-order valence-corrected chi connectivity index (χ4v) is 9.02. The van der Waals surface area contributed by atoms with E-state index in [1.54, 1.807) is 19.1 Å². The summed E-state index contributed by atoms with van der Waals surface area (Å²) < 4.78 is 19.5. The van der Waals surface area contributed by atoms with Gasteiger partial charge in [0.2, 0.25) is 23.6 Å². The van der Waals surface area contributed by atoms with Gasteiger partial charge in [0.25, 0.3) is 0 Å². The minimum Gasteiger partial charge on any atom is -0.504 e. The van der Waals surface area contributed by atoms with Gasteiger partial charge in [0.05, 0.1) is 56.5 Å². The number of ether oxygens (including phenoxy) is 1. The smallest absolute Gasteiger partial charge is 0.301 e. The number of hydrogen-bond acceptors (Lipinski definition) is 11. The molecule has 3 aromatic carbocycles. The normalized spacial score (nSPS) is 26.2. The summed E-state index contributed by atoms with van der Waals surface area (Å²) in [5, 5.41) is 34.4. The zero-order valence-electron chi connectivity index (χ0n) is 28.6. The Morgan fingerprint density at radius 2 is 1.58 bits per heavy atom. The van der Waals surface area contributed by atoms with Crippen LogP contribution in [0.5, 0.6) is 11.5 Å². The van der Waals surface area contributed by atoms with Crippen LogP contribution in [-0.2, 0) is 19.2 Å². The molecule has 0 spiro atoms. The lowest BCUT2D eigenvalue weighted by Crippen LogP contribution is -2.48. The Kier molecular flexibility index (Phi) is 8.28. The largest absolute Gasteiger partial charge is 0.504 e. The number of phenols is 1. The topological polar surface area (TPSA) is 194 Å². The molecule has 2 heterocycles. The second-order valence-electron chi connectivity index (χ2n) is 13.9. The monoisotopic (exact) mass is 747 g/mol. The maximum atomic E-state index is 14.6. The van der Waals surface area contributed by atoms with Crippen molar-refractivity contribution in [2.24, 2.45) is 29.1 Å². The van der Waals surface area contributed by atoms with Crippen molar-refractivity contribution in [2.45, 2.75) is 25.7 Å². The van der Waals surface area contributed by atoms with Gasteiger partial charge >= 0.3 is 11.4 Å². The number of methoxy groups -OCH3 is 1. The number of nitro benzene ring substituents is 2. The molecule has 17 heteroatoms. The second kappa shape index (κ2) is 12.4. The lowest BCUT2D eigenvalue weighted by molar-refractivity contribution is -0.392. The Morgan fingerprint density at radius 3 is 2.17 bits per heavy atom. The summed E-state index contributed by atoms with van der Waals surface area (Å²) in [5.41, 5.74) is -2.41. The van der Waals surface area contributed by atoms with Crippen molar-refractivity contribution < 1.29 is 43.3 Å². The molecule has 7 rings (SSSR count). The summed E-state index contributed by atoms with van der Waals surface area (Å²) >= 11 is 6.06. The molecule has 0 bridgehead atoms. The zero-order valence-corrected chi connectivity index (χ0v) is 29.4. The van der Waals surface area contributed by atoms with Crippen molar-refractivity contribution in [3.05, 3.63) is 96.8 Å². The molecule has 4 aliphatic rings. The number of halogens is 2. The van der Waals surface area contributed by atoms with E-state index in [1.807, 2.05) is 0 Å². The van der Waals surface area contributed by atoms with Crippen molar-refractivity contribution in [1.82, 2.24) is 0 Å². The summed E-state index contributed by atoms with van der Waals surface area (Å²) in [6.07, 6.45) is 1.72. The third kappa shape index (κ3) is 5.06. The van der Waals surface area contributed by atoms with Gasteiger partial charge in [-0.1, -0.05) is 29.3 Å². The van der Waals surface area contributed by atoms with Crippen molar-refractivity contribution in [3.63, 3.8) is 0 Å². The number of aromatic hydroxyl groups is 1. The SMILES string of the molecule is COc1cc([C@H]2C3=CC[C@@H]4C(=O)N(c5cc([N+](=O)[O-])c(N(C)C)c([N+](=O)[O-])c5)C(=O)[C@@H]4[C@@H]3C[C@H]3C(=O)N(c4ccc(F)c(Cl)c4)C(=O)[C@@]23C)ccc1O. The molecule has 2 aliphatic carbocycles. The highest BCUT2D eigenvalue weighted by atomic mass is 35.5. The van der Waals surface area contributed by atoms with Crippen molar-refractivity contribution >= 4 is 63.7 Å². The Hall–Kier alpha value is -5.90. The number of benzene rings is 3. The first-order valence-corrected chi connectivity index (χ1v) is 16.8. The van der Waals surface area contributed by atoms with Crippen LogP contribution < -0.4 is 19.4 Å². The predicted molar refractivity (Wildman–Crippen MR) is 187 cm³/mol. The van der Waals surface area contributed by atoms with Crippen LogP contribution in [0.25, 0.3) is 0 Å². The van der Waals surface area contributed by atoms with Crippen LogP contribution in [0.15, 0.2) is 60.2 Å². The maximum Gasteiger partial charge on any atom is 0.301 e. The fourth-order valence-electron chi connectivity index (χ4n) is 8.85. The molecule has 4 amide bonds. The standard InChI is InChI=1S/C36H31ClFN5O10/c1-36-22(33(46)41(35(36)48)17-6-9-24(38)23(37)12-17)15-21-19(30(36)16-5-10-27(44)28(11-16)53-4)7-8-20-29(21)34(47)40(32(20)45)18-13-25(42(49)50)31(39(2)3)26(14-18)43(51)52/h5-7,9-14,20-22,29-30,44H,8,15H2,1-4H3/t20-,21+,22-,29-,30-,36+/m0/s1. The van der Waals surface area contributed by atoms with Gasteiger partial charge in [-0.2, -0.15) is 0 Å². The Labute approximate surface area is 305 Å². The van der Waals surface area contributed by atoms with Crippen LogP contribution in [0.1, 0.15) is 31.2 Å². The number of phenolic OH excluding ortho intramolecular Hbond substituents is 1. The third-order valence-corrected chi connectivity index (χ3v) is 11.4. The molecule has 274 valence electrons. The Balaban J connectivity index is 1.37. The molecule has 3 aromatic rings. The number of carbonyl (C=O) groups is 4. The van der Waals surface area contributed by atoms with Gasteiger partial charge in [-0.15, -0.1) is 0 Å². The van der Waals surface area contributed by atoms with Crippen LogP contribution in [-0.4, -0.2) is 59.8 Å². The summed E-state index contributed by atoms with van der Waals surface area (Å²) in [6, 6.07) is 9.87. The third-order valence-electron chi connectivity index (χ3n) is 11.1. The average Bonchev–Trinajstić information content (AvgIpc) is 3.48. The van der Waals surface area contributed by atoms with Crippen LogP contribution >= 0.6 is 11.6 Å². The van der Waals surface area contributed by atoms with Crippen molar-refractivity contribution in [3.8, 4) is 11.5 Å². The van der Waals surface area contributed by atoms with Gasteiger partial charge in [-0.3, -0.25) is 39.4 Å². The molecule has 0 unspecified atom stereocenters. The second-order valence-corrected chi connectivity index (χ2v) is 14.4. The number of rotatable bonds is 7. The summed E-state index contributed by atoms with van der Waals surface area (Å²) in [7, 11) is 4.13. The molecular weight excluding hydrogens is 717 g/mol. The molecule has 53 heavy (non-hydrogen) atoms. The molecule has 2 saturated heterocycles. The van der Waals surface area contributed by atoms with E-state index in [-0.39, 0.29) is 46.4 Å². The molecule has 0 radical (unpaired) electrons. The van der Waals surface area contributed by atoms with E-state index < -0.39 is 85.7 Å². The zero-order chi connectivity index (χ0) is 38.4.